The highest BCUT2D eigenvalue weighted by Gasteiger charge is 2.25. The van der Waals surface area contributed by atoms with E-state index in [-0.39, 0.29) is 17.0 Å². The molecule has 0 heterocycles. The molecule has 0 bridgehead atoms. The van der Waals surface area contributed by atoms with Crippen LogP contribution in [0.1, 0.15) is 22.9 Å². The number of nitro benzene ring substituents is 1. The minimum absolute atomic E-state index is 0.0482. The number of hydrogen-bond donors (Lipinski definition) is 1. The summed E-state index contributed by atoms with van der Waals surface area (Å²) in [5, 5.41) is 19.7. The summed E-state index contributed by atoms with van der Waals surface area (Å²) >= 11 is 3.11. The molecule has 0 saturated heterocycles. The molecular formula is C11H10BrNO5. The first-order valence-corrected chi connectivity index (χ1v) is 5.88. The lowest BCUT2D eigenvalue weighted by molar-refractivity contribution is -0.385. The maximum atomic E-state index is 11.3. The average molecular weight is 316 g/mol. The van der Waals surface area contributed by atoms with Crippen molar-refractivity contribution in [3.05, 3.63) is 39.4 Å². The molecule has 1 rings (SSSR count). The first-order chi connectivity index (χ1) is 8.34. The quantitative estimate of drug-likeness (QED) is 0.510. The van der Waals surface area contributed by atoms with Gasteiger partial charge < -0.3 is 5.11 Å². The lowest BCUT2D eigenvalue weighted by Crippen LogP contribution is -2.11. The lowest BCUT2D eigenvalue weighted by Gasteiger charge is -2.11. The fourth-order valence-corrected chi connectivity index (χ4v) is 1.99. The van der Waals surface area contributed by atoms with Crippen molar-refractivity contribution in [2.75, 3.05) is 0 Å². The summed E-state index contributed by atoms with van der Waals surface area (Å²) in [7, 11) is 0. The Balaban J connectivity index is 3.41. The predicted molar refractivity (Wildman–Crippen MR) is 66.8 cm³/mol. The number of Topliss-reactive ketones (excluding diaryl/α,β-unsaturated/α-hetero) is 1. The molecule has 0 aromatic heterocycles. The van der Waals surface area contributed by atoms with Gasteiger partial charge in [0.1, 0.15) is 5.78 Å². The van der Waals surface area contributed by atoms with Gasteiger partial charge in [-0.15, -0.1) is 0 Å². The number of ketones is 1. The molecule has 0 spiro atoms. The zero-order valence-electron chi connectivity index (χ0n) is 9.42. The summed E-state index contributed by atoms with van der Waals surface area (Å²) in [6, 6.07) is 4.16. The molecule has 1 aromatic carbocycles. The maximum Gasteiger partial charge on any atom is 0.308 e. The number of nitrogens with zero attached hydrogens (tertiary/aromatic N) is 1. The first kappa shape index (κ1) is 14.3. The molecular weight excluding hydrogens is 306 g/mol. The molecule has 0 fully saturated rings. The Labute approximate surface area is 111 Å². The van der Waals surface area contributed by atoms with E-state index in [9.17, 15) is 19.7 Å². The second kappa shape index (κ2) is 5.72. The molecule has 0 radical (unpaired) electrons. The van der Waals surface area contributed by atoms with Crippen molar-refractivity contribution in [2.24, 2.45) is 0 Å². The van der Waals surface area contributed by atoms with Gasteiger partial charge in [0, 0.05) is 11.6 Å². The molecule has 0 saturated carbocycles. The van der Waals surface area contributed by atoms with Crippen LogP contribution in [0, 0.1) is 10.1 Å². The van der Waals surface area contributed by atoms with Crippen molar-refractivity contribution in [3.63, 3.8) is 0 Å². The van der Waals surface area contributed by atoms with Crippen LogP contribution in [0.5, 0.6) is 0 Å². The Bertz CT molecular complexity index is 514. The second-order valence-corrected chi connectivity index (χ2v) is 4.56. The van der Waals surface area contributed by atoms with Crippen LogP contribution in [0.3, 0.4) is 0 Å². The van der Waals surface area contributed by atoms with Crippen LogP contribution in [-0.4, -0.2) is 21.8 Å². The van der Waals surface area contributed by atoms with Crippen molar-refractivity contribution < 1.29 is 19.6 Å². The van der Waals surface area contributed by atoms with Gasteiger partial charge in [0.25, 0.3) is 5.69 Å². The Hall–Kier alpha value is -1.76. The van der Waals surface area contributed by atoms with Gasteiger partial charge in [0.2, 0.25) is 0 Å². The fraction of sp³-hybridized carbons (Fsp3) is 0.273. The number of nitro groups is 1. The van der Waals surface area contributed by atoms with Crippen molar-refractivity contribution in [1.29, 1.82) is 0 Å². The van der Waals surface area contributed by atoms with E-state index in [2.05, 4.69) is 15.9 Å². The Kier molecular flexibility index (Phi) is 4.55. The molecule has 0 aliphatic heterocycles. The number of carbonyl (C=O) groups excluding carboxylic acids is 1. The zero-order valence-corrected chi connectivity index (χ0v) is 11.0. The Morgan fingerprint density at radius 2 is 2.11 bits per heavy atom. The number of carbonyl (C=O) groups is 2. The predicted octanol–water partition coefficient (Wildman–Crippen LogP) is 2.25. The van der Waals surface area contributed by atoms with E-state index < -0.39 is 22.1 Å². The van der Waals surface area contributed by atoms with Crippen molar-refractivity contribution >= 4 is 33.4 Å². The summed E-state index contributed by atoms with van der Waals surface area (Å²) in [6.45, 7) is 1.32. The summed E-state index contributed by atoms with van der Waals surface area (Å²) in [4.78, 5) is 31.5. The number of aliphatic carboxylic acids is 1. The van der Waals surface area contributed by atoms with Gasteiger partial charge in [-0.3, -0.25) is 19.7 Å². The molecule has 1 atom stereocenters. The van der Waals surface area contributed by atoms with Crippen molar-refractivity contribution in [2.45, 2.75) is 18.2 Å². The van der Waals surface area contributed by atoms with Crippen LogP contribution < -0.4 is 0 Å². The molecule has 96 valence electrons. The number of hydrogen-bond acceptors (Lipinski definition) is 4. The standard InChI is InChI=1S/C11H10BrNO5/c1-6(14)11(12)7-3-2-4-9(13(17)18)8(7)5-10(15)16/h2-4,11H,5H2,1H3,(H,15,16). The molecule has 1 unspecified atom stereocenters. The van der Waals surface area contributed by atoms with Crippen LogP contribution in [0.2, 0.25) is 0 Å². The van der Waals surface area contributed by atoms with E-state index >= 15 is 0 Å². The minimum Gasteiger partial charge on any atom is -0.481 e. The molecule has 6 nitrogen and oxygen atoms in total. The summed E-state index contributed by atoms with van der Waals surface area (Å²) < 4.78 is 0. The van der Waals surface area contributed by atoms with Crippen LogP contribution >= 0.6 is 15.9 Å². The number of alkyl halides is 1. The molecule has 0 amide bonds. The van der Waals surface area contributed by atoms with Gasteiger partial charge in [-0.1, -0.05) is 28.1 Å². The van der Waals surface area contributed by atoms with Gasteiger partial charge >= 0.3 is 5.97 Å². The van der Waals surface area contributed by atoms with E-state index in [4.69, 9.17) is 5.11 Å². The number of carboxylic acid groups (broad SMARTS) is 1. The summed E-state index contributed by atoms with van der Waals surface area (Å²) in [5.41, 5.74) is 0.0757. The zero-order chi connectivity index (χ0) is 13.9. The van der Waals surface area contributed by atoms with Gasteiger partial charge in [-0.25, -0.2) is 0 Å². The van der Waals surface area contributed by atoms with Crippen LogP contribution in [0.15, 0.2) is 18.2 Å². The van der Waals surface area contributed by atoms with Gasteiger partial charge in [0.05, 0.1) is 16.2 Å². The maximum absolute atomic E-state index is 11.3. The minimum atomic E-state index is -1.19. The molecule has 7 heteroatoms. The number of benzene rings is 1. The third-order valence-corrected chi connectivity index (χ3v) is 3.48. The van der Waals surface area contributed by atoms with Gasteiger partial charge in [-0.05, 0) is 12.5 Å². The van der Waals surface area contributed by atoms with Gasteiger partial charge in [0.15, 0.2) is 0 Å². The highest BCUT2D eigenvalue weighted by molar-refractivity contribution is 9.09. The average Bonchev–Trinajstić information content (AvgIpc) is 2.27. The monoisotopic (exact) mass is 315 g/mol. The van der Waals surface area contributed by atoms with E-state index in [1.165, 1.54) is 25.1 Å². The van der Waals surface area contributed by atoms with Crippen LogP contribution in [0.4, 0.5) is 5.69 Å². The normalized spacial score (nSPS) is 11.9. The molecule has 1 N–H and O–H groups in total. The Morgan fingerprint density at radius 1 is 1.50 bits per heavy atom. The Morgan fingerprint density at radius 3 is 2.56 bits per heavy atom. The second-order valence-electron chi connectivity index (χ2n) is 3.65. The number of halogens is 1. The molecule has 18 heavy (non-hydrogen) atoms. The third-order valence-electron chi connectivity index (χ3n) is 2.34. The molecule has 1 aromatic rings. The highest BCUT2D eigenvalue weighted by Crippen LogP contribution is 2.32. The largest absolute Gasteiger partial charge is 0.481 e. The summed E-state index contributed by atoms with van der Waals surface area (Å²) in [6.07, 6.45) is -0.498. The van der Waals surface area contributed by atoms with Crippen molar-refractivity contribution in [3.8, 4) is 0 Å². The fourth-order valence-electron chi connectivity index (χ4n) is 1.56. The van der Waals surface area contributed by atoms with E-state index in [1.54, 1.807) is 0 Å². The SMILES string of the molecule is CC(=O)C(Br)c1cccc([N+](=O)[O-])c1CC(=O)O. The van der Waals surface area contributed by atoms with E-state index in [0.717, 1.165) is 0 Å². The number of carboxylic acids is 1. The molecule has 0 aliphatic carbocycles. The van der Waals surface area contributed by atoms with E-state index in [1.807, 2.05) is 0 Å². The lowest BCUT2D eigenvalue weighted by atomic mass is 9.98. The molecule has 0 aliphatic rings. The number of rotatable bonds is 5. The van der Waals surface area contributed by atoms with Gasteiger partial charge in [-0.2, -0.15) is 0 Å². The smallest absolute Gasteiger partial charge is 0.308 e. The van der Waals surface area contributed by atoms with Crippen molar-refractivity contribution in [1.82, 2.24) is 0 Å². The summed E-state index contributed by atoms with van der Waals surface area (Å²) in [5.74, 6) is -1.43. The first-order valence-electron chi connectivity index (χ1n) is 4.97. The van der Waals surface area contributed by atoms with Crippen LogP contribution in [0.25, 0.3) is 0 Å². The topological polar surface area (TPSA) is 97.5 Å². The highest BCUT2D eigenvalue weighted by atomic mass is 79.9. The van der Waals surface area contributed by atoms with Crippen LogP contribution in [-0.2, 0) is 16.0 Å². The van der Waals surface area contributed by atoms with E-state index in [0.29, 0.717) is 5.56 Å². The third kappa shape index (κ3) is 3.13.